The smallest absolute Gasteiger partial charge is 0.318 e. The molecule has 1 aromatic heterocycles. The number of hydrogen-bond acceptors (Lipinski definition) is 3. The van der Waals surface area contributed by atoms with Crippen LogP contribution in [0.1, 0.15) is 31.7 Å². The minimum absolute atomic E-state index is 0.0152. The zero-order chi connectivity index (χ0) is 16.0. The Bertz CT molecular complexity index is 715. The molecule has 0 aliphatic carbocycles. The van der Waals surface area contributed by atoms with Crippen LogP contribution in [-0.2, 0) is 0 Å². The van der Waals surface area contributed by atoms with Gasteiger partial charge in [0.2, 0.25) is 0 Å². The van der Waals surface area contributed by atoms with Crippen molar-refractivity contribution in [2.75, 3.05) is 5.32 Å². The van der Waals surface area contributed by atoms with Crippen LogP contribution in [0, 0.1) is 12.8 Å². The number of hydrogen-bond donors (Lipinski definition) is 1. The molecule has 6 nitrogen and oxygen atoms in total. The van der Waals surface area contributed by atoms with Crippen LogP contribution in [0.15, 0.2) is 30.6 Å². The topological polar surface area (TPSA) is 63.1 Å². The molecule has 4 rings (SSSR count). The zero-order valence-corrected chi connectivity index (χ0v) is 13.4. The molecule has 2 unspecified atom stereocenters. The second-order valence-corrected chi connectivity index (χ2v) is 6.78. The number of piperidine rings is 1. The number of aryl methyl sites for hydroxylation is 1. The van der Waals surface area contributed by atoms with E-state index in [0.29, 0.717) is 12.1 Å². The van der Waals surface area contributed by atoms with Crippen LogP contribution >= 0.6 is 0 Å². The minimum Gasteiger partial charge on any atom is -0.318 e. The number of amides is 2. The van der Waals surface area contributed by atoms with Crippen molar-refractivity contribution in [1.29, 1.82) is 0 Å². The number of anilines is 1. The number of urea groups is 1. The monoisotopic (exact) mass is 311 g/mol. The summed E-state index contributed by atoms with van der Waals surface area (Å²) in [7, 11) is 0. The van der Waals surface area contributed by atoms with Gasteiger partial charge < -0.3 is 10.2 Å². The van der Waals surface area contributed by atoms with Gasteiger partial charge >= 0.3 is 6.03 Å². The van der Waals surface area contributed by atoms with Gasteiger partial charge in [0.1, 0.15) is 0 Å². The molecule has 2 aliphatic rings. The lowest BCUT2D eigenvalue weighted by Gasteiger charge is -2.54. The fraction of sp³-hybridized carbons (Fsp3) is 0.471. The highest BCUT2D eigenvalue weighted by molar-refractivity contribution is 5.90. The number of nitrogens with zero attached hydrogens (tertiary/aromatic N) is 4. The Kier molecular flexibility index (Phi) is 3.32. The van der Waals surface area contributed by atoms with Crippen LogP contribution in [0.5, 0.6) is 0 Å². The number of aromatic nitrogens is 3. The van der Waals surface area contributed by atoms with Gasteiger partial charge in [-0.3, -0.25) is 0 Å². The van der Waals surface area contributed by atoms with Crippen molar-refractivity contribution in [3.05, 3.63) is 36.2 Å². The van der Waals surface area contributed by atoms with Crippen LogP contribution in [-0.4, -0.2) is 38.0 Å². The third-order valence-electron chi connectivity index (χ3n) is 5.01. The van der Waals surface area contributed by atoms with Gasteiger partial charge in [-0.1, -0.05) is 13.0 Å². The molecular weight excluding hydrogens is 290 g/mol. The quantitative estimate of drug-likeness (QED) is 0.927. The van der Waals surface area contributed by atoms with Crippen molar-refractivity contribution in [2.24, 2.45) is 5.92 Å². The zero-order valence-electron chi connectivity index (χ0n) is 13.4. The second kappa shape index (κ2) is 5.37. The maximum absolute atomic E-state index is 12.6. The normalized spacial score (nSPS) is 25.8. The average Bonchev–Trinajstić information content (AvgIpc) is 3.02. The van der Waals surface area contributed by atoms with Crippen molar-refractivity contribution in [3.8, 4) is 5.69 Å². The van der Waals surface area contributed by atoms with E-state index in [9.17, 15) is 4.79 Å². The van der Waals surface area contributed by atoms with E-state index in [1.807, 2.05) is 30.0 Å². The number of nitrogens with one attached hydrogen (secondary N) is 1. The maximum Gasteiger partial charge on any atom is 0.322 e. The second-order valence-electron chi connectivity index (χ2n) is 6.78. The van der Waals surface area contributed by atoms with Crippen molar-refractivity contribution >= 4 is 11.7 Å². The first kappa shape index (κ1) is 14.2. The Hall–Kier alpha value is -2.37. The lowest BCUT2D eigenvalue weighted by molar-refractivity contribution is -0.00600. The first-order valence-corrected chi connectivity index (χ1v) is 8.18. The first-order chi connectivity index (χ1) is 11.1. The molecule has 3 heterocycles. The first-order valence-electron chi connectivity index (χ1n) is 8.18. The van der Waals surface area contributed by atoms with E-state index in [1.54, 1.807) is 17.2 Å². The van der Waals surface area contributed by atoms with Crippen molar-refractivity contribution < 1.29 is 4.79 Å². The summed E-state index contributed by atoms with van der Waals surface area (Å²) in [5, 5.41) is 11.4. The SMILES string of the molecule is Cc1ccc(NC(=O)N2C3CC(C)CC2C3)cc1-n1nccn1. The Morgan fingerprint density at radius 3 is 2.57 bits per heavy atom. The molecule has 0 radical (unpaired) electrons. The van der Waals surface area contributed by atoms with Gasteiger partial charge in [-0.2, -0.15) is 15.0 Å². The molecule has 23 heavy (non-hydrogen) atoms. The molecule has 0 spiro atoms. The Morgan fingerprint density at radius 2 is 1.87 bits per heavy atom. The van der Waals surface area contributed by atoms with E-state index in [0.717, 1.165) is 42.1 Å². The number of carbonyl (C=O) groups excluding carboxylic acids is 1. The summed E-state index contributed by atoms with van der Waals surface area (Å²) in [6, 6.07) is 6.68. The number of benzene rings is 1. The lowest BCUT2D eigenvalue weighted by Crippen LogP contribution is -2.63. The number of fused-ring (bicyclic) bond motifs is 2. The summed E-state index contributed by atoms with van der Waals surface area (Å²) >= 11 is 0. The number of rotatable bonds is 2. The van der Waals surface area contributed by atoms with Crippen molar-refractivity contribution in [2.45, 2.75) is 45.2 Å². The van der Waals surface area contributed by atoms with Crippen LogP contribution in [0.4, 0.5) is 10.5 Å². The highest BCUT2D eigenvalue weighted by Gasteiger charge is 2.46. The van der Waals surface area contributed by atoms with Crippen LogP contribution in [0.2, 0.25) is 0 Å². The predicted molar refractivity (Wildman–Crippen MR) is 87.5 cm³/mol. The molecular formula is C17H21N5O. The molecule has 6 heteroatoms. The molecule has 1 aromatic carbocycles. The fourth-order valence-corrected chi connectivity index (χ4v) is 3.91. The Morgan fingerprint density at radius 1 is 1.17 bits per heavy atom. The average molecular weight is 311 g/mol. The van der Waals surface area contributed by atoms with Gasteiger partial charge in [-0.25, -0.2) is 4.79 Å². The summed E-state index contributed by atoms with van der Waals surface area (Å²) in [5.74, 6) is 0.736. The van der Waals surface area contributed by atoms with E-state index >= 15 is 0 Å². The van der Waals surface area contributed by atoms with Gasteiger partial charge in [0.25, 0.3) is 0 Å². The third kappa shape index (κ3) is 2.48. The highest BCUT2D eigenvalue weighted by Crippen LogP contribution is 2.41. The Balaban J connectivity index is 1.51. The van der Waals surface area contributed by atoms with Gasteiger partial charge in [0.15, 0.2) is 0 Å². The Labute approximate surface area is 135 Å². The molecule has 2 amide bonds. The minimum atomic E-state index is 0.0152. The van der Waals surface area contributed by atoms with Gasteiger partial charge in [0, 0.05) is 17.8 Å². The van der Waals surface area contributed by atoms with Gasteiger partial charge in [-0.05, 0) is 49.8 Å². The van der Waals surface area contributed by atoms with Crippen molar-refractivity contribution in [3.63, 3.8) is 0 Å². The highest BCUT2D eigenvalue weighted by atomic mass is 16.2. The predicted octanol–water partition coefficient (Wildman–Crippen LogP) is 2.98. The molecule has 120 valence electrons. The third-order valence-corrected chi connectivity index (χ3v) is 5.01. The molecule has 2 aromatic rings. The summed E-state index contributed by atoms with van der Waals surface area (Å²) in [4.78, 5) is 16.2. The summed E-state index contributed by atoms with van der Waals surface area (Å²) in [6.45, 7) is 4.28. The van der Waals surface area contributed by atoms with E-state index in [-0.39, 0.29) is 6.03 Å². The maximum atomic E-state index is 12.6. The van der Waals surface area contributed by atoms with Crippen LogP contribution < -0.4 is 5.32 Å². The number of carbonyl (C=O) groups is 1. The molecule has 1 N–H and O–H groups in total. The molecule has 2 atom stereocenters. The largest absolute Gasteiger partial charge is 0.322 e. The van der Waals surface area contributed by atoms with E-state index < -0.39 is 0 Å². The van der Waals surface area contributed by atoms with E-state index in [1.165, 1.54) is 0 Å². The standard InChI is InChI=1S/C17H21N5O/c1-11-7-14-10-15(8-11)21(14)17(23)20-13-4-3-12(2)16(9-13)22-18-5-6-19-22/h3-6,9,11,14-15H,7-8,10H2,1-2H3,(H,20,23). The summed E-state index contributed by atoms with van der Waals surface area (Å²) in [6.07, 6.45) is 6.70. The molecule has 2 saturated heterocycles. The summed E-state index contributed by atoms with van der Waals surface area (Å²) in [5.41, 5.74) is 2.73. The molecule has 2 bridgehead atoms. The van der Waals surface area contributed by atoms with E-state index in [4.69, 9.17) is 0 Å². The fourth-order valence-electron chi connectivity index (χ4n) is 3.91. The summed E-state index contributed by atoms with van der Waals surface area (Å²) < 4.78 is 0. The lowest BCUT2D eigenvalue weighted by atomic mass is 9.74. The van der Waals surface area contributed by atoms with Crippen molar-refractivity contribution in [1.82, 2.24) is 19.9 Å². The van der Waals surface area contributed by atoms with E-state index in [2.05, 4.69) is 22.4 Å². The molecule has 2 fully saturated rings. The van der Waals surface area contributed by atoms with Gasteiger partial charge in [-0.15, -0.1) is 0 Å². The van der Waals surface area contributed by atoms with Crippen LogP contribution in [0.3, 0.4) is 0 Å². The van der Waals surface area contributed by atoms with Gasteiger partial charge in [0.05, 0.1) is 18.1 Å². The molecule has 2 aliphatic heterocycles. The van der Waals surface area contributed by atoms with Crippen LogP contribution in [0.25, 0.3) is 5.69 Å². The molecule has 0 saturated carbocycles.